The summed E-state index contributed by atoms with van der Waals surface area (Å²) in [6.07, 6.45) is 0. The summed E-state index contributed by atoms with van der Waals surface area (Å²) in [5.74, 6) is -0.269. The molecule has 0 aliphatic heterocycles. The van der Waals surface area contributed by atoms with E-state index in [2.05, 4.69) is 26.8 Å². The Morgan fingerprint density at radius 1 is 1.05 bits per heavy atom. The zero-order chi connectivity index (χ0) is 14.7. The van der Waals surface area contributed by atoms with Crippen molar-refractivity contribution in [3.8, 4) is 5.75 Å². The second-order valence-electron chi connectivity index (χ2n) is 5.53. The van der Waals surface area contributed by atoms with Gasteiger partial charge in [-0.05, 0) is 23.1 Å². The van der Waals surface area contributed by atoms with Crippen molar-refractivity contribution in [2.24, 2.45) is 5.73 Å². The van der Waals surface area contributed by atoms with Gasteiger partial charge in [-0.25, -0.2) is 0 Å². The highest BCUT2D eigenvalue weighted by Gasteiger charge is 2.34. The van der Waals surface area contributed by atoms with E-state index in [9.17, 15) is 0 Å². The van der Waals surface area contributed by atoms with Crippen LogP contribution in [0.1, 0.15) is 31.9 Å². The van der Waals surface area contributed by atoms with E-state index in [0.717, 1.165) is 5.56 Å². The van der Waals surface area contributed by atoms with Gasteiger partial charge in [0.05, 0.1) is 19.2 Å². The molecule has 0 unspecified atom stereocenters. The smallest absolute Gasteiger partial charge is 0.210 e. The highest BCUT2D eigenvalue weighted by Crippen LogP contribution is 2.36. The molecule has 0 heterocycles. The van der Waals surface area contributed by atoms with Crippen LogP contribution < -0.4 is 10.5 Å². The third-order valence-electron chi connectivity index (χ3n) is 3.40. The molecule has 0 amide bonds. The molecular formula is C15H25NO3. The first-order valence-electron chi connectivity index (χ1n) is 6.34. The third-order valence-corrected chi connectivity index (χ3v) is 3.40. The number of benzene rings is 1. The molecule has 0 aromatic heterocycles. The number of nitrogens with two attached hydrogens (primary N) is 1. The van der Waals surface area contributed by atoms with E-state index >= 15 is 0 Å². The van der Waals surface area contributed by atoms with Crippen LogP contribution in [0.2, 0.25) is 0 Å². The van der Waals surface area contributed by atoms with Crippen molar-refractivity contribution in [1.82, 2.24) is 0 Å². The van der Waals surface area contributed by atoms with Crippen molar-refractivity contribution in [2.45, 2.75) is 32.0 Å². The monoisotopic (exact) mass is 267 g/mol. The zero-order valence-corrected chi connectivity index (χ0v) is 12.7. The minimum atomic E-state index is -0.980. The van der Waals surface area contributed by atoms with Crippen LogP contribution in [-0.2, 0) is 20.7 Å². The number of ether oxygens (including phenoxy) is 3. The van der Waals surface area contributed by atoms with E-state index < -0.39 is 5.79 Å². The van der Waals surface area contributed by atoms with Crippen molar-refractivity contribution < 1.29 is 14.2 Å². The molecule has 0 saturated carbocycles. The second kappa shape index (κ2) is 5.90. The van der Waals surface area contributed by atoms with Crippen LogP contribution in [0.15, 0.2) is 18.2 Å². The number of hydrogen-bond donors (Lipinski definition) is 1. The Kier molecular flexibility index (Phi) is 4.96. The second-order valence-corrected chi connectivity index (χ2v) is 5.53. The Hall–Kier alpha value is -1.10. The Bertz CT molecular complexity index is 412. The van der Waals surface area contributed by atoms with Gasteiger partial charge in [-0.1, -0.05) is 26.8 Å². The molecule has 0 saturated heterocycles. The van der Waals surface area contributed by atoms with E-state index in [1.54, 1.807) is 21.3 Å². The highest BCUT2D eigenvalue weighted by molar-refractivity contribution is 5.42. The molecule has 1 aromatic carbocycles. The van der Waals surface area contributed by atoms with E-state index in [0.29, 0.717) is 5.75 Å². The molecule has 0 aliphatic rings. The van der Waals surface area contributed by atoms with E-state index in [4.69, 9.17) is 19.9 Å². The standard InChI is InChI=1S/C15H25NO3/c1-14(2,3)11-7-8-13(17-4)12(9-11)15(10-16,18-5)19-6/h7-9H,10,16H2,1-6H3. The summed E-state index contributed by atoms with van der Waals surface area (Å²) >= 11 is 0. The fourth-order valence-corrected chi connectivity index (χ4v) is 2.05. The normalized spacial score (nSPS) is 12.6. The molecule has 1 rings (SSSR count). The molecule has 0 radical (unpaired) electrons. The van der Waals surface area contributed by atoms with E-state index in [1.807, 2.05) is 12.1 Å². The lowest BCUT2D eigenvalue weighted by atomic mass is 9.85. The van der Waals surface area contributed by atoms with Gasteiger partial charge in [0.2, 0.25) is 5.79 Å². The molecule has 0 spiro atoms. The van der Waals surface area contributed by atoms with Gasteiger partial charge in [0.1, 0.15) is 5.75 Å². The van der Waals surface area contributed by atoms with Gasteiger partial charge in [0.25, 0.3) is 0 Å². The SMILES string of the molecule is COc1ccc(C(C)(C)C)cc1C(CN)(OC)OC. The third kappa shape index (κ3) is 3.08. The molecule has 4 heteroatoms. The Balaban J connectivity index is 3.45. The van der Waals surface area contributed by atoms with Crippen molar-refractivity contribution >= 4 is 0 Å². The fourth-order valence-electron chi connectivity index (χ4n) is 2.05. The van der Waals surface area contributed by atoms with Crippen LogP contribution in [-0.4, -0.2) is 27.9 Å². The summed E-state index contributed by atoms with van der Waals surface area (Å²) in [4.78, 5) is 0. The first-order chi connectivity index (χ1) is 8.84. The lowest BCUT2D eigenvalue weighted by molar-refractivity contribution is -0.208. The maximum absolute atomic E-state index is 5.84. The van der Waals surface area contributed by atoms with Crippen LogP contribution in [0.3, 0.4) is 0 Å². The average Bonchev–Trinajstić information content (AvgIpc) is 2.40. The summed E-state index contributed by atoms with van der Waals surface area (Å²) in [7, 11) is 4.79. The van der Waals surface area contributed by atoms with Gasteiger partial charge in [-0.3, -0.25) is 0 Å². The summed E-state index contributed by atoms with van der Waals surface area (Å²) in [5, 5.41) is 0. The molecule has 1 aromatic rings. The number of rotatable bonds is 5. The summed E-state index contributed by atoms with van der Waals surface area (Å²) in [6.45, 7) is 6.68. The highest BCUT2D eigenvalue weighted by atomic mass is 16.7. The van der Waals surface area contributed by atoms with Crippen LogP contribution in [0.25, 0.3) is 0 Å². The van der Waals surface area contributed by atoms with Gasteiger partial charge in [0, 0.05) is 14.2 Å². The minimum absolute atomic E-state index is 0.0306. The predicted molar refractivity (Wildman–Crippen MR) is 76.4 cm³/mol. The Morgan fingerprint density at radius 3 is 2.00 bits per heavy atom. The van der Waals surface area contributed by atoms with Gasteiger partial charge < -0.3 is 19.9 Å². The van der Waals surface area contributed by atoms with Crippen molar-refractivity contribution in [3.63, 3.8) is 0 Å². The maximum Gasteiger partial charge on any atom is 0.210 e. The molecule has 108 valence electrons. The van der Waals surface area contributed by atoms with Gasteiger partial charge in [-0.2, -0.15) is 0 Å². The van der Waals surface area contributed by atoms with Crippen LogP contribution in [0.4, 0.5) is 0 Å². The largest absolute Gasteiger partial charge is 0.496 e. The van der Waals surface area contributed by atoms with Gasteiger partial charge >= 0.3 is 0 Å². The molecule has 0 atom stereocenters. The fraction of sp³-hybridized carbons (Fsp3) is 0.600. The average molecular weight is 267 g/mol. The molecule has 2 N–H and O–H groups in total. The predicted octanol–water partition coefficient (Wildman–Crippen LogP) is 2.40. The number of methoxy groups -OCH3 is 3. The molecule has 4 nitrogen and oxygen atoms in total. The number of hydrogen-bond acceptors (Lipinski definition) is 4. The van der Waals surface area contributed by atoms with E-state index in [1.165, 1.54) is 5.56 Å². The first-order valence-corrected chi connectivity index (χ1v) is 6.34. The summed E-state index contributed by atoms with van der Waals surface area (Å²) in [6, 6.07) is 6.02. The van der Waals surface area contributed by atoms with Gasteiger partial charge in [-0.15, -0.1) is 0 Å². The zero-order valence-electron chi connectivity index (χ0n) is 12.7. The van der Waals surface area contributed by atoms with Crippen LogP contribution >= 0.6 is 0 Å². The summed E-state index contributed by atoms with van der Waals surface area (Å²) < 4.78 is 16.4. The van der Waals surface area contributed by atoms with Gasteiger partial charge in [0.15, 0.2) is 0 Å². The summed E-state index contributed by atoms with van der Waals surface area (Å²) in [5.41, 5.74) is 7.86. The van der Waals surface area contributed by atoms with Crippen LogP contribution in [0, 0.1) is 0 Å². The quantitative estimate of drug-likeness (QED) is 0.832. The minimum Gasteiger partial charge on any atom is -0.496 e. The molecule has 19 heavy (non-hydrogen) atoms. The van der Waals surface area contributed by atoms with Crippen molar-refractivity contribution in [1.29, 1.82) is 0 Å². The van der Waals surface area contributed by atoms with E-state index in [-0.39, 0.29) is 12.0 Å². The van der Waals surface area contributed by atoms with Crippen molar-refractivity contribution in [3.05, 3.63) is 29.3 Å². The topological polar surface area (TPSA) is 53.7 Å². The molecule has 0 aliphatic carbocycles. The lowest BCUT2D eigenvalue weighted by Crippen LogP contribution is -2.39. The lowest BCUT2D eigenvalue weighted by Gasteiger charge is -2.32. The molecular weight excluding hydrogens is 242 g/mol. The van der Waals surface area contributed by atoms with Crippen molar-refractivity contribution in [2.75, 3.05) is 27.9 Å². The Morgan fingerprint density at radius 2 is 1.63 bits per heavy atom. The molecule has 0 bridgehead atoms. The van der Waals surface area contributed by atoms with Crippen LogP contribution in [0.5, 0.6) is 5.75 Å². The Labute approximate surface area is 115 Å². The maximum atomic E-state index is 5.84. The first kappa shape index (κ1) is 16.0. The molecule has 0 fully saturated rings.